The van der Waals surface area contributed by atoms with E-state index in [4.69, 9.17) is 9.47 Å². The summed E-state index contributed by atoms with van der Waals surface area (Å²) in [6, 6.07) is 0. The van der Waals surface area contributed by atoms with Crippen LogP contribution in [-0.2, 0) is 19.1 Å². The van der Waals surface area contributed by atoms with Crippen molar-refractivity contribution in [3.05, 3.63) is 23.3 Å². The third-order valence-electron chi connectivity index (χ3n) is 5.53. The Hall–Kier alpha value is -1.58. The first-order valence-corrected chi connectivity index (χ1v) is 11.8. The minimum atomic E-state index is -0.246. The van der Waals surface area contributed by atoms with E-state index in [9.17, 15) is 9.59 Å². The molecule has 0 unspecified atom stereocenters. The van der Waals surface area contributed by atoms with Crippen molar-refractivity contribution in [2.45, 2.75) is 110 Å². The van der Waals surface area contributed by atoms with Crippen LogP contribution >= 0.6 is 0 Å². The van der Waals surface area contributed by atoms with Gasteiger partial charge in [-0.05, 0) is 57.4 Å². The molecule has 4 nitrogen and oxygen atoms in total. The number of ether oxygens (including phenoxy) is 2. The zero-order chi connectivity index (χ0) is 21.2. The molecule has 0 fully saturated rings. The first-order valence-electron chi connectivity index (χ1n) is 11.8. The Balaban J connectivity index is 1.95. The van der Waals surface area contributed by atoms with Crippen molar-refractivity contribution in [2.24, 2.45) is 0 Å². The molecule has 0 atom stereocenters. The molecular formula is C25H42O4. The molecule has 29 heavy (non-hydrogen) atoms. The SMILES string of the molecule is CCCCCCCCC/C=C/COC(=O)CCCC(=O)OCC1=C(C)CCCC1. The predicted molar refractivity (Wildman–Crippen MR) is 119 cm³/mol. The van der Waals surface area contributed by atoms with Gasteiger partial charge in [0.05, 0.1) is 0 Å². The van der Waals surface area contributed by atoms with Gasteiger partial charge in [0, 0.05) is 12.8 Å². The average Bonchev–Trinajstić information content (AvgIpc) is 2.71. The third kappa shape index (κ3) is 14.1. The average molecular weight is 407 g/mol. The summed E-state index contributed by atoms with van der Waals surface area (Å²) in [5.41, 5.74) is 2.64. The van der Waals surface area contributed by atoms with Gasteiger partial charge in [-0.25, -0.2) is 0 Å². The molecule has 0 bridgehead atoms. The largest absolute Gasteiger partial charge is 0.461 e. The van der Waals surface area contributed by atoms with Gasteiger partial charge in [-0.1, -0.05) is 63.2 Å². The van der Waals surface area contributed by atoms with Crippen molar-refractivity contribution in [2.75, 3.05) is 13.2 Å². The Labute approximate surface area is 178 Å². The van der Waals surface area contributed by atoms with E-state index in [2.05, 4.69) is 19.9 Å². The zero-order valence-electron chi connectivity index (χ0n) is 18.8. The van der Waals surface area contributed by atoms with Crippen LogP contribution in [0.15, 0.2) is 23.3 Å². The van der Waals surface area contributed by atoms with Crippen molar-refractivity contribution in [3.8, 4) is 0 Å². The molecule has 0 aliphatic heterocycles. The second-order valence-electron chi connectivity index (χ2n) is 8.17. The quantitative estimate of drug-likeness (QED) is 0.160. The summed E-state index contributed by atoms with van der Waals surface area (Å²) in [6.07, 6.45) is 19.8. The third-order valence-corrected chi connectivity index (χ3v) is 5.53. The summed E-state index contributed by atoms with van der Waals surface area (Å²) in [5.74, 6) is -0.470. The van der Waals surface area contributed by atoms with Crippen LogP contribution in [0.4, 0.5) is 0 Å². The first kappa shape index (κ1) is 25.5. The zero-order valence-corrected chi connectivity index (χ0v) is 18.8. The summed E-state index contributed by atoms with van der Waals surface area (Å²) in [4.78, 5) is 23.5. The van der Waals surface area contributed by atoms with Gasteiger partial charge in [-0.15, -0.1) is 0 Å². The smallest absolute Gasteiger partial charge is 0.306 e. The van der Waals surface area contributed by atoms with Crippen LogP contribution in [0.2, 0.25) is 0 Å². The lowest BCUT2D eigenvalue weighted by Crippen LogP contribution is -2.11. The number of hydrogen-bond donors (Lipinski definition) is 0. The molecule has 0 spiro atoms. The lowest BCUT2D eigenvalue weighted by atomic mass is 9.93. The second kappa shape index (κ2) is 17.3. The van der Waals surface area contributed by atoms with Crippen LogP contribution in [0.3, 0.4) is 0 Å². The molecule has 1 aliphatic carbocycles. The molecule has 0 aromatic rings. The molecular weight excluding hydrogens is 364 g/mol. The van der Waals surface area contributed by atoms with Crippen molar-refractivity contribution < 1.29 is 19.1 Å². The summed E-state index contributed by atoms with van der Waals surface area (Å²) in [6.45, 7) is 5.11. The molecule has 1 aliphatic rings. The Morgan fingerprint density at radius 1 is 0.828 bits per heavy atom. The number of carbonyl (C=O) groups excluding carboxylic acids is 2. The van der Waals surface area contributed by atoms with Crippen molar-refractivity contribution in [3.63, 3.8) is 0 Å². The maximum atomic E-state index is 11.8. The van der Waals surface area contributed by atoms with Gasteiger partial charge in [0.2, 0.25) is 0 Å². The number of rotatable bonds is 16. The van der Waals surface area contributed by atoms with E-state index in [0.717, 1.165) is 19.3 Å². The molecule has 0 aromatic heterocycles. The minimum absolute atomic E-state index is 0.224. The normalized spacial score (nSPS) is 14.4. The first-order chi connectivity index (χ1) is 14.1. The van der Waals surface area contributed by atoms with Gasteiger partial charge in [0.15, 0.2) is 0 Å². The number of carbonyl (C=O) groups is 2. The minimum Gasteiger partial charge on any atom is -0.461 e. The van der Waals surface area contributed by atoms with Crippen LogP contribution in [0.1, 0.15) is 110 Å². The van der Waals surface area contributed by atoms with E-state index in [1.54, 1.807) is 0 Å². The van der Waals surface area contributed by atoms with E-state index < -0.39 is 0 Å². The fraction of sp³-hybridized carbons (Fsp3) is 0.760. The van der Waals surface area contributed by atoms with Gasteiger partial charge in [0.25, 0.3) is 0 Å². The Kier molecular flexibility index (Phi) is 15.2. The summed E-state index contributed by atoms with van der Waals surface area (Å²) in [7, 11) is 0. The number of allylic oxidation sites excluding steroid dienone is 2. The van der Waals surface area contributed by atoms with E-state index >= 15 is 0 Å². The fourth-order valence-electron chi connectivity index (χ4n) is 3.55. The highest BCUT2D eigenvalue weighted by atomic mass is 16.5. The lowest BCUT2D eigenvalue weighted by molar-refractivity contribution is -0.144. The maximum Gasteiger partial charge on any atom is 0.306 e. The Bertz CT molecular complexity index is 519. The summed E-state index contributed by atoms with van der Waals surface area (Å²) < 4.78 is 10.5. The molecule has 0 N–H and O–H groups in total. The van der Waals surface area contributed by atoms with Crippen LogP contribution in [0.25, 0.3) is 0 Å². The van der Waals surface area contributed by atoms with Crippen molar-refractivity contribution >= 4 is 11.9 Å². The molecule has 0 heterocycles. The van der Waals surface area contributed by atoms with Crippen LogP contribution < -0.4 is 0 Å². The van der Waals surface area contributed by atoms with Gasteiger partial charge >= 0.3 is 11.9 Å². The second-order valence-corrected chi connectivity index (χ2v) is 8.17. The molecule has 0 amide bonds. The van der Waals surface area contributed by atoms with E-state index in [0.29, 0.717) is 19.6 Å². The summed E-state index contributed by atoms with van der Waals surface area (Å²) >= 11 is 0. The number of esters is 2. The Morgan fingerprint density at radius 3 is 2.21 bits per heavy atom. The van der Waals surface area contributed by atoms with E-state index in [1.807, 2.05) is 6.08 Å². The van der Waals surface area contributed by atoms with Crippen molar-refractivity contribution in [1.29, 1.82) is 0 Å². The molecule has 0 radical (unpaired) electrons. The van der Waals surface area contributed by atoms with E-state index in [-0.39, 0.29) is 24.8 Å². The van der Waals surface area contributed by atoms with Crippen molar-refractivity contribution in [1.82, 2.24) is 0 Å². The molecule has 0 aromatic carbocycles. The number of hydrogen-bond acceptors (Lipinski definition) is 4. The van der Waals surface area contributed by atoms with Crippen LogP contribution in [0.5, 0.6) is 0 Å². The highest BCUT2D eigenvalue weighted by Crippen LogP contribution is 2.24. The van der Waals surface area contributed by atoms with Gasteiger partial charge in [-0.3, -0.25) is 9.59 Å². The lowest BCUT2D eigenvalue weighted by Gasteiger charge is -2.17. The standard InChI is InChI=1S/C25H42O4/c1-3-4-5-6-7-8-9-10-11-14-20-28-24(26)18-15-19-25(27)29-21-23-17-13-12-16-22(23)2/h11,14H,3-10,12-13,15-21H2,1-2H3/b14-11+. The van der Waals surface area contributed by atoms with Gasteiger partial charge in [0.1, 0.15) is 13.2 Å². The number of unbranched alkanes of at least 4 members (excludes halogenated alkanes) is 7. The molecule has 1 rings (SSSR count). The highest BCUT2D eigenvalue weighted by molar-refractivity contribution is 5.72. The fourth-order valence-corrected chi connectivity index (χ4v) is 3.55. The van der Waals surface area contributed by atoms with Gasteiger partial charge < -0.3 is 9.47 Å². The summed E-state index contributed by atoms with van der Waals surface area (Å²) in [5, 5.41) is 0. The topological polar surface area (TPSA) is 52.6 Å². The Morgan fingerprint density at radius 2 is 1.48 bits per heavy atom. The highest BCUT2D eigenvalue weighted by Gasteiger charge is 2.12. The molecule has 0 saturated carbocycles. The maximum absolute atomic E-state index is 11.8. The van der Waals surface area contributed by atoms with Crippen LogP contribution in [0, 0.1) is 0 Å². The van der Waals surface area contributed by atoms with Crippen LogP contribution in [-0.4, -0.2) is 25.2 Å². The molecule has 166 valence electrons. The molecule has 0 saturated heterocycles. The predicted octanol–water partition coefficient (Wildman–Crippen LogP) is 6.83. The monoisotopic (exact) mass is 406 g/mol. The molecule has 4 heteroatoms. The van der Waals surface area contributed by atoms with E-state index in [1.165, 1.54) is 68.9 Å². The van der Waals surface area contributed by atoms with Gasteiger partial charge in [-0.2, -0.15) is 0 Å².